The minimum Gasteiger partial charge on any atom is -0.394 e. The van der Waals surface area contributed by atoms with E-state index in [0.717, 1.165) is 5.69 Å². The number of nitrogens with zero attached hydrogens (tertiary/aromatic N) is 3. The molecule has 0 unspecified atom stereocenters. The van der Waals surface area contributed by atoms with Gasteiger partial charge in [0.25, 0.3) is 5.56 Å². The fourth-order valence-electron chi connectivity index (χ4n) is 1.53. The van der Waals surface area contributed by atoms with Crippen molar-refractivity contribution in [1.82, 2.24) is 14.8 Å². The minimum atomic E-state index is -0.278. The number of hydrogen-bond acceptors (Lipinski definition) is 5. The Morgan fingerprint density at radius 1 is 1.42 bits per heavy atom. The van der Waals surface area contributed by atoms with Crippen LogP contribution >= 0.6 is 15.9 Å². The number of nitrogens with one attached hydrogen (secondary N) is 1. The van der Waals surface area contributed by atoms with Crippen LogP contribution in [0, 0.1) is 0 Å². The van der Waals surface area contributed by atoms with Crippen molar-refractivity contribution >= 4 is 21.6 Å². The molecule has 0 aromatic carbocycles. The highest BCUT2D eigenvalue weighted by atomic mass is 79.9. The van der Waals surface area contributed by atoms with Crippen molar-refractivity contribution in [3.63, 3.8) is 0 Å². The van der Waals surface area contributed by atoms with Crippen LogP contribution in [-0.2, 0) is 13.1 Å². The summed E-state index contributed by atoms with van der Waals surface area (Å²) in [4.78, 5) is 16.1. The fourth-order valence-corrected chi connectivity index (χ4v) is 1.98. The van der Waals surface area contributed by atoms with E-state index in [1.54, 1.807) is 12.4 Å². The van der Waals surface area contributed by atoms with Crippen molar-refractivity contribution in [1.29, 1.82) is 0 Å². The Morgan fingerprint density at radius 2 is 2.26 bits per heavy atom. The van der Waals surface area contributed by atoms with E-state index < -0.39 is 0 Å². The molecule has 2 aromatic heterocycles. The molecule has 2 aromatic rings. The zero-order chi connectivity index (χ0) is 13.7. The van der Waals surface area contributed by atoms with E-state index in [-0.39, 0.29) is 18.7 Å². The van der Waals surface area contributed by atoms with Crippen LogP contribution in [0.5, 0.6) is 0 Å². The van der Waals surface area contributed by atoms with Crippen LogP contribution in [0.3, 0.4) is 0 Å². The third-order valence-corrected chi connectivity index (χ3v) is 3.25. The molecule has 0 saturated carbocycles. The molecule has 0 spiro atoms. The van der Waals surface area contributed by atoms with E-state index in [1.807, 2.05) is 18.2 Å². The second kappa shape index (κ2) is 6.44. The quantitative estimate of drug-likeness (QED) is 0.857. The van der Waals surface area contributed by atoms with Crippen molar-refractivity contribution in [2.75, 3.05) is 11.9 Å². The number of pyridine rings is 1. The average Bonchev–Trinajstić information content (AvgIpc) is 2.44. The van der Waals surface area contributed by atoms with Crippen molar-refractivity contribution < 1.29 is 5.11 Å². The van der Waals surface area contributed by atoms with E-state index in [0.29, 0.717) is 16.7 Å². The molecule has 2 heterocycles. The number of aliphatic hydroxyl groups excluding tert-OH is 1. The third kappa shape index (κ3) is 3.39. The lowest BCUT2D eigenvalue weighted by atomic mass is 10.3. The Labute approximate surface area is 118 Å². The zero-order valence-corrected chi connectivity index (χ0v) is 11.7. The molecule has 0 aliphatic heterocycles. The van der Waals surface area contributed by atoms with E-state index in [9.17, 15) is 4.79 Å². The smallest absolute Gasteiger partial charge is 0.283 e. The van der Waals surface area contributed by atoms with Gasteiger partial charge >= 0.3 is 0 Å². The number of aromatic nitrogens is 3. The maximum Gasteiger partial charge on any atom is 0.283 e. The summed E-state index contributed by atoms with van der Waals surface area (Å²) in [6, 6.07) is 5.63. The number of rotatable bonds is 5. The van der Waals surface area contributed by atoms with Crippen molar-refractivity contribution in [3.8, 4) is 0 Å². The largest absolute Gasteiger partial charge is 0.394 e. The van der Waals surface area contributed by atoms with Gasteiger partial charge in [-0.3, -0.25) is 9.78 Å². The second-order valence-electron chi connectivity index (χ2n) is 3.80. The Bertz CT molecular complexity index is 600. The molecule has 0 aliphatic rings. The maximum atomic E-state index is 11.9. The van der Waals surface area contributed by atoms with Gasteiger partial charge in [-0.15, -0.1) is 0 Å². The van der Waals surface area contributed by atoms with Crippen molar-refractivity contribution in [2.45, 2.75) is 13.1 Å². The summed E-state index contributed by atoms with van der Waals surface area (Å²) < 4.78 is 1.60. The van der Waals surface area contributed by atoms with Gasteiger partial charge in [0.1, 0.15) is 4.47 Å². The number of halogens is 1. The van der Waals surface area contributed by atoms with Gasteiger partial charge in [0.05, 0.1) is 37.3 Å². The minimum absolute atomic E-state index is 0.125. The molecule has 0 atom stereocenters. The Hall–Kier alpha value is -1.73. The van der Waals surface area contributed by atoms with Crippen molar-refractivity contribution in [3.05, 3.63) is 51.1 Å². The van der Waals surface area contributed by atoms with Crippen LogP contribution in [0.15, 0.2) is 39.9 Å². The normalized spacial score (nSPS) is 10.4. The number of anilines is 1. The van der Waals surface area contributed by atoms with Gasteiger partial charge in [0.15, 0.2) is 0 Å². The summed E-state index contributed by atoms with van der Waals surface area (Å²) in [5.74, 6) is 0. The molecule has 0 saturated heterocycles. The first kappa shape index (κ1) is 13.7. The molecule has 0 fully saturated rings. The van der Waals surface area contributed by atoms with Crippen molar-refractivity contribution in [2.24, 2.45) is 0 Å². The van der Waals surface area contributed by atoms with E-state index in [4.69, 9.17) is 5.11 Å². The Morgan fingerprint density at radius 3 is 2.95 bits per heavy atom. The van der Waals surface area contributed by atoms with Crippen LogP contribution in [0.25, 0.3) is 0 Å². The van der Waals surface area contributed by atoms with Crippen LogP contribution in [-0.4, -0.2) is 26.5 Å². The van der Waals surface area contributed by atoms with Crippen LogP contribution < -0.4 is 10.9 Å². The summed E-state index contributed by atoms with van der Waals surface area (Å²) in [7, 11) is 0. The summed E-state index contributed by atoms with van der Waals surface area (Å²) in [5.41, 5.74) is 1.19. The highest BCUT2D eigenvalue weighted by Gasteiger charge is 2.08. The SMILES string of the molecule is O=c1c(Br)c(NCc2ccccn2)cnn1CCO. The van der Waals surface area contributed by atoms with E-state index in [2.05, 4.69) is 31.3 Å². The molecule has 7 heteroatoms. The van der Waals surface area contributed by atoms with E-state index in [1.165, 1.54) is 4.68 Å². The molecule has 19 heavy (non-hydrogen) atoms. The molecule has 0 bridgehead atoms. The topological polar surface area (TPSA) is 80.0 Å². The summed E-state index contributed by atoms with van der Waals surface area (Å²) in [6.07, 6.45) is 3.26. The van der Waals surface area contributed by atoms with Gasteiger partial charge in [-0.25, -0.2) is 4.68 Å². The Balaban J connectivity index is 2.13. The molecule has 6 nitrogen and oxygen atoms in total. The molecule has 2 N–H and O–H groups in total. The van der Waals surface area contributed by atoms with Gasteiger partial charge in [0, 0.05) is 6.20 Å². The molecule has 100 valence electrons. The predicted molar refractivity (Wildman–Crippen MR) is 74.8 cm³/mol. The molecule has 2 rings (SSSR count). The fraction of sp³-hybridized carbons (Fsp3) is 0.250. The van der Waals surface area contributed by atoms with Gasteiger partial charge in [0.2, 0.25) is 0 Å². The van der Waals surface area contributed by atoms with Gasteiger partial charge in [-0.1, -0.05) is 6.07 Å². The second-order valence-corrected chi connectivity index (χ2v) is 4.59. The van der Waals surface area contributed by atoms with Gasteiger partial charge < -0.3 is 10.4 Å². The van der Waals surface area contributed by atoms with Crippen LogP contribution in [0.4, 0.5) is 5.69 Å². The number of hydrogen-bond donors (Lipinski definition) is 2. The molecular formula is C12H13BrN4O2. The summed E-state index contributed by atoms with van der Waals surface area (Å²) >= 11 is 3.24. The number of aliphatic hydroxyl groups is 1. The monoisotopic (exact) mass is 324 g/mol. The van der Waals surface area contributed by atoms with Crippen LogP contribution in [0.1, 0.15) is 5.69 Å². The first-order chi connectivity index (χ1) is 9.22. The summed E-state index contributed by atoms with van der Waals surface area (Å²) in [6.45, 7) is 0.558. The molecular weight excluding hydrogens is 312 g/mol. The van der Waals surface area contributed by atoms with E-state index >= 15 is 0 Å². The van der Waals surface area contributed by atoms with Gasteiger partial charge in [-0.05, 0) is 28.1 Å². The predicted octanol–water partition coefficient (Wildman–Crippen LogP) is 1.01. The molecule has 0 radical (unpaired) electrons. The summed E-state index contributed by atoms with van der Waals surface area (Å²) in [5, 5.41) is 15.9. The molecule has 0 aliphatic carbocycles. The first-order valence-corrected chi connectivity index (χ1v) is 6.52. The van der Waals surface area contributed by atoms with Crippen LogP contribution in [0.2, 0.25) is 0 Å². The molecule has 0 amide bonds. The maximum absolute atomic E-state index is 11.9. The lowest BCUT2D eigenvalue weighted by Gasteiger charge is -2.09. The zero-order valence-electron chi connectivity index (χ0n) is 10.1. The standard InChI is InChI=1S/C12H13BrN4O2/c13-11-10(8-16-17(5-6-18)12(11)19)15-7-9-3-1-2-4-14-9/h1-4,8,15,18H,5-7H2. The third-order valence-electron chi connectivity index (χ3n) is 2.48. The average molecular weight is 325 g/mol. The Kier molecular flexibility index (Phi) is 4.64. The van der Waals surface area contributed by atoms with Gasteiger partial charge in [-0.2, -0.15) is 5.10 Å². The highest BCUT2D eigenvalue weighted by molar-refractivity contribution is 9.10. The lowest BCUT2D eigenvalue weighted by Crippen LogP contribution is -2.25. The lowest BCUT2D eigenvalue weighted by molar-refractivity contribution is 0.266. The highest BCUT2D eigenvalue weighted by Crippen LogP contribution is 2.16. The first-order valence-electron chi connectivity index (χ1n) is 5.72.